The number of nitrogens with zero attached hydrogens (tertiary/aromatic N) is 1. The molecule has 4 rings (SSSR count). The topological polar surface area (TPSA) is 50.9 Å². The molecule has 27 heavy (non-hydrogen) atoms. The first-order valence-electron chi connectivity index (χ1n) is 8.95. The molecule has 3 heteroatoms. The van der Waals surface area contributed by atoms with Crippen molar-refractivity contribution >= 4 is 11.4 Å². The molecule has 0 spiro atoms. The van der Waals surface area contributed by atoms with Crippen LogP contribution < -0.4 is 11.1 Å². The number of aromatic nitrogens is 1. The summed E-state index contributed by atoms with van der Waals surface area (Å²) in [5.74, 6) is 0. The van der Waals surface area contributed by atoms with Gasteiger partial charge in [-0.3, -0.25) is 4.98 Å². The molecule has 0 fully saturated rings. The Morgan fingerprint density at radius 1 is 0.630 bits per heavy atom. The Labute approximate surface area is 159 Å². The van der Waals surface area contributed by atoms with Gasteiger partial charge in [-0.05, 0) is 22.8 Å². The van der Waals surface area contributed by atoms with Crippen LogP contribution in [0.2, 0.25) is 0 Å². The summed E-state index contributed by atoms with van der Waals surface area (Å²) in [6.45, 7) is 0. The number of anilines is 2. The number of hydrogen-bond donors (Lipinski definition) is 2. The van der Waals surface area contributed by atoms with E-state index in [4.69, 9.17) is 5.73 Å². The number of pyridine rings is 1. The maximum atomic E-state index is 6.24. The molecule has 0 aliphatic rings. The summed E-state index contributed by atoms with van der Waals surface area (Å²) in [5, 5.41) is 3.74. The molecule has 3 aromatic carbocycles. The van der Waals surface area contributed by atoms with E-state index >= 15 is 0 Å². The van der Waals surface area contributed by atoms with Gasteiger partial charge in [-0.15, -0.1) is 0 Å². The van der Waals surface area contributed by atoms with Gasteiger partial charge in [0.1, 0.15) is 5.54 Å². The van der Waals surface area contributed by atoms with Crippen molar-refractivity contribution in [3.63, 3.8) is 0 Å². The van der Waals surface area contributed by atoms with Crippen molar-refractivity contribution in [2.45, 2.75) is 5.54 Å². The second-order valence-electron chi connectivity index (χ2n) is 6.44. The summed E-state index contributed by atoms with van der Waals surface area (Å²) in [7, 11) is 0. The summed E-state index contributed by atoms with van der Waals surface area (Å²) in [6.07, 6.45) is 3.43. The molecule has 1 heterocycles. The van der Waals surface area contributed by atoms with Crippen LogP contribution in [0.25, 0.3) is 0 Å². The van der Waals surface area contributed by atoms with Gasteiger partial charge in [-0.1, -0.05) is 91.0 Å². The SMILES string of the molecule is Nc1cnccc1NC(c1ccccc1)(c1ccccc1)c1ccccc1. The van der Waals surface area contributed by atoms with Gasteiger partial charge in [0.15, 0.2) is 0 Å². The quantitative estimate of drug-likeness (QED) is 0.494. The fourth-order valence-electron chi connectivity index (χ4n) is 3.50. The van der Waals surface area contributed by atoms with Gasteiger partial charge in [-0.25, -0.2) is 0 Å². The standard InChI is InChI=1S/C24H21N3/c25-22-18-26-17-16-23(22)27-24(19-10-4-1-5-11-19,20-12-6-2-7-13-20)21-14-8-3-9-15-21/h1-18H,25H2,(H,26,27). The molecule has 0 bridgehead atoms. The number of nitrogens with one attached hydrogen (secondary N) is 1. The summed E-state index contributed by atoms with van der Waals surface area (Å²) in [4.78, 5) is 4.13. The van der Waals surface area contributed by atoms with Crippen molar-refractivity contribution in [3.05, 3.63) is 126 Å². The zero-order chi connectivity index (χ0) is 18.5. The van der Waals surface area contributed by atoms with Gasteiger partial charge >= 0.3 is 0 Å². The highest BCUT2D eigenvalue weighted by Gasteiger charge is 2.36. The Morgan fingerprint density at radius 3 is 1.48 bits per heavy atom. The molecule has 0 radical (unpaired) electrons. The third kappa shape index (κ3) is 3.15. The van der Waals surface area contributed by atoms with Crippen LogP contribution in [0.5, 0.6) is 0 Å². The molecule has 1 aromatic heterocycles. The first-order chi connectivity index (χ1) is 13.3. The lowest BCUT2D eigenvalue weighted by Gasteiger charge is -2.38. The molecule has 0 aliphatic carbocycles. The average molecular weight is 351 g/mol. The van der Waals surface area contributed by atoms with Gasteiger partial charge < -0.3 is 11.1 Å². The second kappa shape index (κ2) is 7.34. The molecule has 4 aromatic rings. The molecule has 3 N–H and O–H groups in total. The summed E-state index contributed by atoms with van der Waals surface area (Å²) < 4.78 is 0. The van der Waals surface area contributed by atoms with Gasteiger partial charge in [0.25, 0.3) is 0 Å². The fourth-order valence-corrected chi connectivity index (χ4v) is 3.50. The van der Waals surface area contributed by atoms with E-state index < -0.39 is 5.54 Å². The summed E-state index contributed by atoms with van der Waals surface area (Å²) >= 11 is 0. The van der Waals surface area contributed by atoms with Crippen molar-refractivity contribution in [2.75, 3.05) is 11.1 Å². The molecule has 0 unspecified atom stereocenters. The average Bonchev–Trinajstić information content (AvgIpc) is 2.75. The number of nitrogens with two attached hydrogens (primary N) is 1. The second-order valence-corrected chi connectivity index (χ2v) is 6.44. The fraction of sp³-hybridized carbons (Fsp3) is 0.0417. The highest BCUT2D eigenvalue weighted by Crippen LogP contribution is 2.40. The van der Waals surface area contributed by atoms with Gasteiger partial charge in [-0.2, -0.15) is 0 Å². The van der Waals surface area contributed by atoms with Gasteiger partial charge in [0, 0.05) is 6.20 Å². The largest absolute Gasteiger partial charge is 0.396 e. The number of nitrogen functional groups attached to an aromatic ring is 1. The van der Waals surface area contributed by atoms with Crippen LogP contribution in [0.3, 0.4) is 0 Å². The lowest BCUT2D eigenvalue weighted by molar-refractivity contribution is 0.712. The van der Waals surface area contributed by atoms with E-state index in [9.17, 15) is 0 Å². The molecular formula is C24H21N3. The van der Waals surface area contributed by atoms with E-state index in [-0.39, 0.29) is 0 Å². The van der Waals surface area contributed by atoms with Crippen LogP contribution in [0.15, 0.2) is 109 Å². The van der Waals surface area contributed by atoms with E-state index in [1.807, 2.05) is 24.3 Å². The third-order valence-corrected chi connectivity index (χ3v) is 4.79. The minimum atomic E-state index is -0.584. The molecule has 0 aliphatic heterocycles. The van der Waals surface area contributed by atoms with Crippen molar-refractivity contribution < 1.29 is 0 Å². The van der Waals surface area contributed by atoms with Crippen LogP contribution in [0.4, 0.5) is 11.4 Å². The van der Waals surface area contributed by atoms with E-state index in [0.717, 1.165) is 22.4 Å². The van der Waals surface area contributed by atoms with Gasteiger partial charge in [0.2, 0.25) is 0 Å². The Hall–Kier alpha value is -3.59. The smallest absolute Gasteiger partial charge is 0.114 e. The Kier molecular flexibility index (Phi) is 4.58. The first kappa shape index (κ1) is 16.9. The Balaban J connectivity index is 2.02. The number of rotatable bonds is 5. The Morgan fingerprint density at radius 2 is 1.07 bits per heavy atom. The Bertz CT molecular complexity index is 903. The molecule has 132 valence electrons. The monoisotopic (exact) mass is 351 g/mol. The van der Waals surface area contributed by atoms with Crippen molar-refractivity contribution in [1.29, 1.82) is 0 Å². The summed E-state index contributed by atoms with van der Waals surface area (Å²) in [6, 6.07) is 33.3. The third-order valence-electron chi connectivity index (χ3n) is 4.79. The van der Waals surface area contributed by atoms with E-state index in [1.165, 1.54) is 0 Å². The molecule has 3 nitrogen and oxygen atoms in total. The van der Waals surface area contributed by atoms with E-state index in [1.54, 1.807) is 12.4 Å². The molecule has 0 amide bonds. The van der Waals surface area contributed by atoms with Crippen molar-refractivity contribution in [3.8, 4) is 0 Å². The minimum absolute atomic E-state index is 0.584. The molecular weight excluding hydrogens is 330 g/mol. The molecule has 0 atom stereocenters. The first-order valence-corrected chi connectivity index (χ1v) is 8.95. The van der Waals surface area contributed by atoms with Gasteiger partial charge in [0.05, 0.1) is 17.6 Å². The number of hydrogen-bond acceptors (Lipinski definition) is 3. The van der Waals surface area contributed by atoms with Crippen LogP contribution in [-0.4, -0.2) is 4.98 Å². The highest BCUT2D eigenvalue weighted by molar-refractivity contribution is 5.69. The van der Waals surface area contributed by atoms with Crippen molar-refractivity contribution in [2.24, 2.45) is 0 Å². The zero-order valence-electron chi connectivity index (χ0n) is 14.9. The van der Waals surface area contributed by atoms with Crippen LogP contribution >= 0.6 is 0 Å². The molecule has 0 saturated heterocycles. The minimum Gasteiger partial charge on any atom is -0.396 e. The molecule has 0 saturated carbocycles. The van der Waals surface area contributed by atoms with Crippen LogP contribution in [-0.2, 0) is 5.54 Å². The number of benzene rings is 3. The van der Waals surface area contributed by atoms with E-state index in [0.29, 0.717) is 5.69 Å². The highest BCUT2D eigenvalue weighted by atomic mass is 15.0. The predicted molar refractivity (Wildman–Crippen MR) is 111 cm³/mol. The van der Waals surface area contributed by atoms with Crippen LogP contribution in [0.1, 0.15) is 16.7 Å². The van der Waals surface area contributed by atoms with E-state index in [2.05, 4.69) is 83.1 Å². The normalized spacial score (nSPS) is 11.1. The lowest BCUT2D eigenvalue weighted by atomic mass is 9.77. The summed E-state index contributed by atoms with van der Waals surface area (Å²) in [5.41, 5.74) is 10.5. The maximum Gasteiger partial charge on any atom is 0.114 e. The maximum absolute atomic E-state index is 6.24. The lowest BCUT2D eigenvalue weighted by Crippen LogP contribution is -2.38. The van der Waals surface area contributed by atoms with Crippen molar-refractivity contribution in [1.82, 2.24) is 4.98 Å². The zero-order valence-corrected chi connectivity index (χ0v) is 14.9. The predicted octanol–water partition coefficient (Wildman–Crippen LogP) is 5.07. The van der Waals surface area contributed by atoms with Crippen LogP contribution in [0, 0.1) is 0 Å².